The molecule has 4 rings (SSSR count). The van der Waals surface area contributed by atoms with E-state index in [0.717, 1.165) is 35.2 Å². The zero-order valence-electron chi connectivity index (χ0n) is 9.44. The Labute approximate surface area is 98.5 Å². The number of aryl methyl sites for hydroxylation is 2. The molecule has 0 saturated carbocycles. The Morgan fingerprint density at radius 2 is 1.71 bits per heavy atom. The second-order valence-electron chi connectivity index (χ2n) is 4.58. The second-order valence-corrected chi connectivity index (χ2v) is 4.58. The zero-order chi connectivity index (χ0) is 11.2. The van der Waals surface area contributed by atoms with Gasteiger partial charge in [-0.1, -0.05) is 12.1 Å². The highest BCUT2D eigenvalue weighted by atomic mass is 16.3. The van der Waals surface area contributed by atoms with Gasteiger partial charge < -0.3 is 4.42 Å². The van der Waals surface area contributed by atoms with E-state index in [0.29, 0.717) is 5.71 Å². The van der Waals surface area contributed by atoms with Crippen LogP contribution in [0.4, 0.5) is 0 Å². The molecule has 0 fully saturated rings. The van der Waals surface area contributed by atoms with E-state index in [9.17, 15) is 0 Å². The molecule has 0 spiro atoms. The Bertz CT molecular complexity index is 715. The lowest BCUT2D eigenvalue weighted by atomic mass is 9.98. The number of fused-ring (bicyclic) bond motifs is 4. The lowest BCUT2D eigenvalue weighted by molar-refractivity contribution is 0.500. The highest BCUT2D eigenvalue weighted by molar-refractivity contribution is 5.85. The van der Waals surface area contributed by atoms with Crippen LogP contribution < -0.4 is 0 Å². The predicted molar refractivity (Wildman–Crippen MR) is 66.0 cm³/mol. The topological polar surface area (TPSA) is 38.9 Å². The fraction of sp³-hybridized carbons (Fsp3) is 0.286. The van der Waals surface area contributed by atoms with E-state index in [1.807, 2.05) is 24.3 Å². The summed E-state index contributed by atoms with van der Waals surface area (Å²) < 4.78 is 5.82. The summed E-state index contributed by atoms with van der Waals surface area (Å²) in [5.74, 6) is 1.10. The van der Waals surface area contributed by atoms with Crippen LogP contribution in [0.15, 0.2) is 28.7 Å². The number of hydrogen-bond acceptors (Lipinski definition) is 3. The first-order valence-corrected chi connectivity index (χ1v) is 6.09. The molecule has 0 atom stereocenters. The molecule has 0 aliphatic heterocycles. The number of benzene rings is 1. The standard InChI is InChI=1S/C14H12N2O/c1-4-8-12-9(5-1)13-14(17-12)16-11-7-3-2-6-10(11)15-13/h2-3,6-7H,1,4-5,8H2. The number of aromatic nitrogens is 2. The van der Waals surface area contributed by atoms with Gasteiger partial charge in [0.05, 0.1) is 11.0 Å². The van der Waals surface area contributed by atoms with Gasteiger partial charge in [0.1, 0.15) is 11.3 Å². The number of rotatable bonds is 0. The number of hydrogen-bond donors (Lipinski definition) is 0. The summed E-state index contributed by atoms with van der Waals surface area (Å²) in [5.41, 5.74) is 4.82. The Kier molecular flexibility index (Phi) is 1.78. The largest absolute Gasteiger partial charge is 0.441 e. The van der Waals surface area contributed by atoms with Gasteiger partial charge in [-0.3, -0.25) is 0 Å². The molecule has 84 valence electrons. The first-order valence-electron chi connectivity index (χ1n) is 6.09. The molecule has 3 heteroatoms. The molecule has 3 aromatic rings. The van der Waals surface area contributed by atoms with E-state index in [1.54, 1.807) is 0 Å². The van der Waals surface area contributed by atoms with Crippen LogP contribution in [0.1, 0.15) is 24.2 Å². The lowest BCUT2D eigenvalue weighted by Gasteiger charge is -2.07. The molecule has 1 aliphatic rings. The summed E-state index contributed by atoms with van der Waals surface area (Å²) >= 11 is 0. The van der Waals surface area contributed by atoms with Gasteiger partial charge in [0, 0.05) is 12.0 Å². The molecule has 0 radical (unpaired) electrons. The quantitative estimate of drug-likeness (QED) is 0.588. The van der Waals surface area contributed by atoms with Gasteiger partial charge in [0.15, 0.2) is 0 Å². The van der Waals surface area contributed by atoms with Crippen molar-refractivity contribution >= 4 is 22.3 Å². The van der Waals surface area contributed by atoms with Crippen molar-refractivity contribution in [2.75, 3.05) is 0 Å². The molecule has 0 N–H and O–H groups in total. The normalized spacial score (nSPS) is 15.3. The number of nitrogens with zero attached hydrogens (tertiary/aromatic N) is 2. The molecule has 2 aromatic heterocycles. The van der Waals surface area contributed by atoms with Gasteiger partial charge in [-0.15, -0.1) is 0 Å². The van der Waals surface area contributed by atoms with Gasteiger partial charge in [0.2, 0.25) is 5.71 Å². The fourth-order valence-electron chi connectivity index (χ4n) is 2.61. The summed E-state index contributed by atoms with van der Waals surface area (Å²) in [6.45, 7) is 0. The maximum atomic E-state index is 5.82. The van der Waals surface area contributed by atoms with E-state index >= 15 is 0 Å². The molecule has 0 unspecified atom stereocenters. The van der Waals surface area contributed by atoms with Crippen LogP contribution in [0.2, 0.25) is 0 Å². The number of furan rings is 1. The third kappa shape index (κ3) is 1.28. The van der Waals surface area contributed by atoms with Crippen molar-refractivity contribution in [3.05, 3.63) is 35.6 Å². The lowest BCUT2D eigenvalue weighted by Crippen LogP contribution is -1.99. The molecule has 3 nitrogen and oxygen atoms in total. The van der Waals surface area contributed by atoms with Crippen molar-refractivity contribution in [2.45, 2.75) is 25.7 Å². The summed E-state index contributed by atoms with van der Waals surface area (Å²) in [5, 5.41) is 0. The van der Waals surface area contributed by atoms with Crippen molar-refractivity contribution < 1.29 is 4.42 Å². The molecule has 2 heterocycles. The minimum absolute atomic E-state index is 0.704. The van der Waals surface area contributed by atoms with Crippen LogP contribution in [0.5, 0.6) is 0 Å². The molecule has 1 aromatic carbocycles. The summed E-state index contributed by atoms with van der Waals surface area (Å²) in [7, 11) is 0. The summed E-state index contributed by atoms with van der Waals surface area (Å²) in [4.78, 5) is 9.25. The average Bonchev–Trinajstić information content (AvgIpc) is 2.73. The van der Waals surface area contributed by atoms with Gasteiger partial charge in [0.25, 0.3) is 0 Å². The van der Waals surface area contributed by atoms with Crippen LogP contribution in [0, 0.1) is 0 Å². The van der Waals surface area contributed by atoms with Crippen molar-refractivity contribution in [1.29, 1.82) is 0 Å². The minimum Gasteiger partial charge on any atom is -0.441 e. The first kappa shape index (κ1) is 9.16. The van der Waals surface area contributed by atoms with E-state index < -0.39 is 0 Å². The fourth-order valence-corrected chi connectivity index (χ4v) is 2.61. The van der Waals surface area contributed by atoms with Gasteiger partial charge in [-0.25, -0.2) is 9.97 Å². The third-order valence-corrected chi connectivity index (χ3v) is 3.46. The van der Waals surface area contributed by atoms with Crippen molar-refractivity contribution in [3.8, 4) is 0 Å². The van der Waals surface area contributed by atoms with Crippen molar-refractivity contribution in [2.24, 2.45) is 0 Å². The zero-order valence-corrected chi connectivity index (χ0v) is 9.44. The Morgan fingerprint density at radius 3 is 2.59 bits per heavy atom. The predicted octanol–water partition coefficient (Wildman–Crippen LogP) is 3.25. The smallest absolute Gasteiger partial charge is 0.246 e. The maximum absolute atomic E-state index is 5.82. The van der Waals surface area contributed by atoms with Crippen LogP contribution >= 0.6 is 0 Å². The average molecular weight is 224 g/mol. The van der Waals surface area contributed by atoms with Crippen LogP contribution in [-0.2, 0) is 12.8 Å². The first-order chi connectivity index (χ1) is 8.42. The van der Waals surface area contributed by atoms with Gasteiger partial charge >= 0.3 is 0 Å². The Hall–Kier alpha value is -1.90. The second kappa shape index (κ2) is 3.29. The summed E-state index contributed by atoms with van der Waals surface area (Å²) in [6, 6.07) is 7.95. The van der Waals surface area contributed by atoms with E-state index in [2.05, 4.69) is 4.98 Å². The van der Waals surface area contributed by atoms with E-state index in [-0.39, 0.29) is 0 Å². The summed E-state index contributed by atoms with van der Waals surface area (Å²) in [6.07, 6.45) is 4.56. The molecule has 17 heavy (non-hydrogen) atoms. The SMILES string of the molecule is c1ccc2nc3c4c(oc3nc2c1)CCCC4. The minimum atomic E-state index is 0.704. The van der Waals surface area contributed by atoms with Crippen LogP contribution in [0.3, 0.4) is 0 Å². The molecule has 1 aliphatic carbocycles. The van der Waals surface area contributed by atoms with Crippen LogP contribution in [0.25, 0.3) is 22.3 Å². The number of para-hydroxylation sites is 2. The monoisotopic (exact) mass is 224 g/mol. The molecular formula is C14H12N2O. The van der Waals surface area contributed by atoms with Crippen LogP contribution in [-0.4, -0.2) is 9.97 Å². The van der Waals surface area contributed by atoms with E-state index in [4.69, 9.17) is 9.40 Å². The van der Waals surface area contributed by atoms with Crippen molar-refractivity contribution in [3.63, 3.8) is 0 Å². The highest BCUT2D eigenvalue weighted by Crippen LogP contribution is 2.30. The van der Waals surface area contributed by atoms with Crippen molar-refractivity contribution in [1.82, 2.24) is 9.97 Å². The third-order valence-electron chi connectivity index (χ3n) is 3.46. The highest BCUT2D eigenvalue weighted by Gasteiger charge is 2.19. The maximum Gasteiger partial charge on any atom is 0.246 e. The molecule has 0 amide bonds. The Balaban J connectivity index is 2.11. The molecular weight excluding hydrogens is 212 g/mol. The molecule has 0 saturated heterocycles. The molecule has 0 bridgehead atoms. The van der Waals surface area contributed by atoms with Gasteiger partial charge in [-0.2, -0.15) is 0 Å². The Morgan fingerprint density at radius 1 is 0.941 bits per heavy atom. The van der Waals surface area contributed by atoms with E-state index in [1.165, 1.54) is 18.4 Å². The van der Waals surface area contributed by atoms with Gasteiger partial charge in [-0.05, 0) is 31.4 Å².